The average Bonchev–Trinajstić information content (AvgIpc) is 1.91. The Morgan fingerprint density at radius 2 is 2.57 bits per heavy atom. The van der Waals surface area contributed by atoms with Crippen LogP contribution in [0.15, 0.2) is 6.20 Å². The normalized spacial score (nSPS) is 9.43. The van der Waals surface area contributed by atoms with E-state index in [-0.39, 0.29) is 0 Å². The van der Waals surface area contributed by atoms with Gasteiger partial charge in [0.15, 0.2) is 0 Å². The van der Waals surface area contributed by atoms with E-state index >= 15 is 0 Å². The van der Waals surface area contributed by atoms with Crippen molar-refractivity contribution in [2.45, 2.75) is 6.92 Å². The zero-order valence-electron chi connectivity index (χ0n) is 4.13. The second-order valence-corrected chi connectivity index (χ2v) is 1.37. The number of nitrogens with zero attached hydrogens (tertiary/aromatic N) is 3. The molecule has 1 heterocycles. The number of hydrogen-bond donors (Lipinski definition) is 0. The molecule has 0 N–H and O–H groups in total. The van der Waals surface area contributed by atoms with E-state index in [1.807, 2.05) is 6.92 Å². The highest BCUT2D eigenvalue weighted by molar-refractivity contribution is 4.88. The van der Waals surface area contributed by atoms with Crippen LogP contribution in [0.4, 0.5) is 0 Å². The van der Waals surface area contributed by atoms with E-state index in [0.717, 1.165) is 5.69 Å². The fourth-order valence-corrected chi connectivity index (χ4v) is 0.309. The van der Waals surface area contributed by atoms with E-state index < -0.39 is 0 Å². The number of aromatic nitrogens is 3. The van der Waals surface area contributed by atoms with Gasteiger partial charge in [0.25, 0.3) is 0 Å². The van der Waals surface area contributed by atoms with Crippen LogP contribution in [0.1, 0.15) is 5.69 Å². The number of aryl methyl sites for hydroxylation is 1. The maximum absolute atomic E-state index is 3.57. The molecule has 1 aromatic heterocycles. The van der Waals surface area contributed by atoms with Gasteiger partial charge in [0.2, 0.25) is 0 Å². The zero-order valence-corrected chi connectivity index (χ0v) is 4.13. The Morgan fingerprint density at radius 3 is 2.71 bits per heavy atom. The summed E-state index contributed by atoms with van der Waals surface area (Å²) in [7, 11) is 3.52. The lowest BCUT2D eigenvalue weighted by atomic mass is 10.6. The topological polar surface area (TPSA) is 30.7 Å². The molecule has 0 aromatic carbocycles. The van der Waals surface area contributed by atoms with Gasteiger partial charge in [-0.25, -0.2) is 4.68 Å². The average molecular weight is 96.1 g/mol. The molecule has 7 heavy (non-hydrogen) atoms. The first-order valence-corrected chi connectivity index (χ1v) is 1.99. The van der Waals surface area contributed by atoms with Gasteiger partial charge in [-0.1, -0.05) is 5.21 Å². The molecule has 3 heteroatoms. The van der Waals surface area contributed by atoms with Crippen LogP contribution in [-0.2, 0) is 0 Å². The maximum atomic E-state index is 3.57. The molecule has 1 radical (unpaired) electrons. The summed E-state index contributed by atoms with van der Waals surface area (Å²) in [5.74, 6) is 0. The lowest BCUT2D eigenvalue weighted by molar-refractivity contribution is 0.781. The summed E-state index contributed by atoms with van der Waals surface area (Å²) in [5, 5.41) is 7.14. The minimum Gasteiger partial charge on any atom is -0.248 e. The number of rotatable bonds is 0. The molecule has 0 unspecified atom stereocenters. The molecule has 3 nitrogen and oxygen atoms in total. The molecule has 0 aliphatic heterocycles. The molecule has 0 bridgehead atoms. The largest absolute Gasteiger partial charge is 0.248 e. The second-order valence-electron chi connectivity index (χ2n) is 1.37. The summed E-state index contributed by atoms with van der Waals surface area (Å²) in [6, 6.07) is 0. The highest BCUT2D eigenvalue weighted by atomic mass is 15.4. The monoisotopic (exact) mass is 96.1 g/mol. The molecule has 0 fully saturated rings. The Labute approximate surface area is 42.0 Å². The first-order valence-electron chi connectivity index (χ1n) is 1.99. The van der Waals surface area contributed by atoms with Crippen molar-refractivity contribution in [3.8, 4) is 0 Å². The molecule has 0 aliphatic carbocycles. The maximum Gasteiger partial charge on any atom is 0.0722 e. The quantitative estimate of drug-likeness (QED) is 0.462. The van der Waals surface area contributed by atoms with Crippen molar-refractivity contribution in [3.05, 3.63) is 18.9 Å². The fraction of sp³-hybridized carbons (Fsp3) is 0.250. The van der Waals surface area contributed by atoms with Crippen LogP contribution in [0.25, 0.3) is 0 Å². The molecule has 0 saturated heterocycles. The first kappa shape index (κ1) is 4.30. The third kappa shape index (κ3) is 0.607. The van der Waals surface area contributed by atoms with Crippen LogP contribution in [0.3, 0.4) is 0 Å². The molecule has 0 atom stereocenters. The highest BCUT2D eigenvalue weighted by Crippen LogP contribution is 1.85. The van der Waals surface area contributed by atoms with Crippen LogP contribution < -0.4 is 0 Å². The molecule has 0 saturated carbocycles. The Balaban J connectivity index is 3.12. The molecule has 1 aromatic rings. The molecule has 0 amide bonds. The molecule has 0 spiro atoms. The third-order valence-corrected chi connectivity index (χ3v) is 0.811. The number of hydrogen-bond acceptors (Lipinski definition) is 2. The lowest BCUT2D eigenvalue weighted by Gasteiger charge is -1.83. The van der Waals surface area contributed by atoms with Crippen LogP contribution >= 0.6 is 0 Å². The van der Waals surface area contributed by atoms with Crippen LogP contribution in [0.5, 0.6) is 0 Å². The van der Waals surface area contributed by atoms with E-state index in [9.17, 15) is 0 Å². The minimum absolute atomic E-state index is 0.972. The van der Waals surface area contributed by atoms with Gasteiger partial charge in [0.05, 0.1) is 18.9 Å². The molecular weight excluding hydrogens is 90.1 g/mol. The summed E-state index contributed by atoms with van der Waals surface area (Å²) >= 11 is 0. The van der Waals surface area contributed by atoms with Crippen LogP contribution in [0.2, 0.25) is 0 Å². The standard InChI is InChI=1S/C4H6N3/c1-4-3-5-6-7(4)2/h3H,2H2,1H3. The van der Waals surface area contributed by atoms with E-state index in [4.69, 9.17) is 0 Å². The second kappa shape index (κ2) is 1.33. The van der Waals surface area contributed by atoms with Crippen LogP contribution in [-0.4, -0.2) is 15.0 Å². The Morgan fingerprint density at radius 1 is 1.86 bits per heavy atom. The van der Waals surface area contributed by atoms with E-state index in [2.05, 4.69) is 17.4 Å². The zero-order chi connectivity index (χ0) is 5.28. The van der Waals surface area contributed by atoms with E-state index in [1.165, 1.54) is 4.68 Å². The van der Waals surface area contributed by atoms with E-state index in [1.54, 1.807) is 6.20 Å². The van der Waals surface area contributed by atoms with Crippen molar-refractivity contribution in [2.75, 3.05) is 0 Å². The highest BCUT2D eigenvalue weighted by Gasteiger charge is 1.85. The van der Waals surface area contributed by atoms with Gasteiger partial charge in [-0.2, -0.15) is 0 Å². The van der Waals surface area contributed by atoms with Gasteiger partial charge in [-0.05, 0) is 6.92 Å². The summed E-state index contributed by atoms with van der Waals surface area (Å²) in [5.41, 5.74) is 0.972. The molecular formula is C4H6N3. The summed E-state index contributed by atoms with van der Waals surface area (Å²) in [6.07, 6.45) is 1.66. The predicted molar refractivity (Wildman–Crippen MR) is 25.5 cm³/mol. The smallest absolute Gasteiger partial charge is 0.0722 e. The van der Waals surface area contributed by atoms with Crippen molar-refractivity contribution in [1.82, 2.24) is 15.0 Å². The van der Waals surface area contributed by atoms with Gasteiger partial charge in [-0.15, -0.1) is 5.10 Å². The van der Waals surface area contributed by atoms with Gasteiger partial charge in [-0.3, -0.25) is 0 Å². The SMILES string of the molecule is [CH2]n1nncc1C. The first-order chi connectivity index (χ1) is 3.30. The Bertz CT molecular complexity index is 139. The van der Waals surface area contributed by atoms with E-state index in [0.29, 0.717) is 0 Å². The third-order valence-electron chi connectivity index (χ3n) is 0.811. The molecule has 1 rings (SSSR count). The minimum atomic E-state index is 0.972. The molecule has 0 aliphatic rings. The predicted octanol–water partition coefficient (Wildman–Crippen LogP) is 0.226. The lowest BCUT2D eigenvalue weighted by Crippen LogP contribution is -1.88. The summed E-state index contributed by atoms with van der Waals surface area (Å²) < 4.78 is 1.47. The van der Waals surface area contributed by atoms with Crippen LogP contribution in [0, 0.1) is 14.0 Å². The van der Waals surface area contributed by atoms with Gasteiger partial charge in [0.1, 0.15) is 0 Å². The van der Waals surface area contributed by atoms with Crippen molar-refractivity contribution in [2.24, 2.45) is 0 Å². The van der Waals surface area contributed by atoms with Gasteiger partial charge < -0.3 is 0 Å². The Kier molecular flexibility index (Phi) is 0.817. The van der Waals surface area contributed by atoms with Crippen molar-refractivity contribution < 1.29 is 0 Å². The summed E-state index contributed by atoms with van der Waals surface area (Å²) in [4.78, 5) is 0. The Hall–Kier alpha value is -0.860. The van der Waals surface area contributed by atoms with Gasteiger partial charge in [0, 0.05) is 0 Å². The fourth-order valence-electron chi connectivity index (χ4n) is 0.309. The van der Waals surface area contributed by atoms with Crippen molar-refractivity contribution in [1.29, 1.82) is 0 Å². The summed E-state index contributed by atoms with van der Waals surface area (Å²) in [6.45, 7) is 1.90. The van der Waals surface area contributed by atoms with Crippen molar-refractivity contribution >= 4 is 0 Å². The molecule has 37 valence electrons. The van der Waals surface area contributed by atoms with Crippen molar-refractivity contribution in [3.63, 3.8) is 0 Å². The van der Waals surface area contributed by atoms with Gasteiger partial charge >= 0.3 is 0 Å².